The van der Waals surface area contributed by atoms with E-state index < -0.39 is 18.2 Å². The molecule has 31 heavy (non-hydrogen) atoms. The van der Waals surface area contributed by atoms with Crippen LogP contribution in [0.25, 0.3) is 5.69 Å². The molecule has 1 aromatic heterocycles. The zero-order chi connectivity index (χ0) is 22.1. The number of halogens is 2. The van der Waals surface area contributed by atoms with Gasteiger partial charge in [0.25, 0.3) is 12.1 Å². The minimum Gasteiger partial charge on any atom is -0.460 e. The second-order valence-electron chi connectivity index (χ2n) is 6.51. The van der Waals surface area contributed by atoms with Gasteiger partial charge in [-0.15, -0.1) is 5.10 Å². The van der Waals surface area contributed by atoms with E-state index in [1.807, 2.05) is 6.07 Å². The first-order chi connectivity index (χ1) is 14.9. The summed E-state index contributed by atoms with van der Waals surface area (Å²) < 4.78 is 11.8. The van der Waals surface area contributed by atoms with Crippen molar-refractivity contribution >= 4 is 40.9 Å². The largest absolute Gasteiger partial charge is 0.460 e. The summed E-state index contributed by atoms with van der Waals surface area (Å²) in [5.74, 6) is -1.31. The summed E-state index contributed by atoms with van der Waals surface area (Å²) in [7, 11) is 0. The Hall–Kier alpha value is -3.23. The van der Waals surface area contributed by atoms with Crippen LogP contribution in [0.2, 0.25) is 10.0 Å². The van der Waals surface area contributed by atoms with Crippen LogP contribution < -0.4 is 0 Å². The molecule has 0 saturated heterocycles. The zero-order valence-electron chi connectivity index (χ0n) is 16.5. The third kappa shape index (κ3) is 4.04. The zero-order valence-corrected chi connectivity index (χ0v) is 18.0. The van der Waals surface area contributed by atoms with E-state index >= 15 is 0 Å². The van der Waals surface area contributed by atoms with Crippen molar-refractivity contribution in [1.29, 1.82) is 0 Å². The van der Waals surface area contributed by atoms with Crippen LogP contribution in [0.15, 0.2) is 47.5 Å². The maximum atomic E-state index is 12.2. The SMILES string of the molecule is CCOC(=O)c1nc2n(n1)-c1ccc(Cl)cc1C(c1ccccc1Cl)=NC2OC(C)=O. The minimum absolute atomic E-state index is 0.142. The number of benzene rings is 2. The number of ether oxygens (including phenoxy) is 2. The predicted molar refractivity (Wildman–Crippen MR) is 114 cm³/mol. The quantitative estimate of drug-likeness (QED) is 0.544. The van der Waals surface area contributed by atoms with E-state index in [4.69, 9.17) is 32.7 Å². The van der Waals surface area contributed by atoms with E-state index in [9.17, 15) is 9.59 Å². The lowest BCUT2D eigenvalue weighted by atomic mass is 10.0. The molecule has 2 heterocycles. The number of rotatable bonds is 4. The van der Waals surface area contributed by atoms with Crippen molar-refractivity contribution < 1.29 is 19.1 Å². The average Bonchev–Trinajstić information content (AvgIpc) is 3.13. The van der Waals surface area contributed by atoms with E-state index in [-0.39, 0.29) is 18.3 Å². The summed E-state index contributed by atoms with van der Waals surface area (Å²) in [4.78, 5) is 33.0. The van der Waals surface area contributed by atoms with Gasteiger partial charge in [0.15, 0.2) is 5.82 Å². The van der Waals surface area contributed by atoms with Crippen LogP contribution in [0.3, 0.4) is 0 Å². The number of fused-ring (bicyclic) bond motifs is 3. The average molecular weight is 459 g/mol. The van der Waals surface area contributed by atoms with Gasteiger partial charge in [0.2, 0.25) is 0 Å². The van der Waals surface area contributed by atoms with Gasteiger partial charge in [0.1, 0.15) is 0 Å². The number of hydrogen-bond donors (Lipinski definition) is 0. The number of carbonyl (C=O) groups is 2. The molecule has 3 aromatic rings. The van der Waals surface area contributed by atoms with Gasteiger partial charge in [-0.05, 0) is 31.2 Å². The molecule has 1 aliphatic rings. The number of aromatic nitrogens is 3. The standard InChI is InChI=1S/C21H16Cl2N4O4/c1-3-30-21(29)18-25-19-20(31-11(2)28)24-17(13-6-4-5-7-15(13)23)14-10-12(22)8-9-16(14)27(19)26-18/h4-10,20H,3H2,1-2H3. The molecule has 10 heteroatoms. The molecule has 0 N–H and O–H groups in total. The molecule has 1 aliphatic heterocycles. The molecule has 4 rings (SSSR count). The van der Waals surface area contributed by atoms with E-state index in [2.05, 4.69) is 15.1 Å². The molecule has 0 saturated carbocycles. The summed E-state index contributed by atoms with van der Waals surface area (Å²) in [5.41, 5.74) is 2.17. The molecule has 1 atom stereocenters. The highest BCUT2D eigenvalue weighted by atomic mass is 35.5. The smallest absolute Gasteiger partial charge is 0.378 e. The molecule has 0 fully saturated rings. The van der Waals surface area contributed by atoms with E-state index in [0.717, 1.165) is 0 Å². The topological polar surface area (TPSA) is 95.7 Å². The number of esters is 2. The van der Waals surface area contributed by atoms with Gasteiger partial charge in [-0.1, -0.05) is 41.4 Å². The molecule has 0 radical (unpaired) electrons. The molecular formula is C21H16Cl2N4O4. The molecule has 0 aliphatic carbocycles. The third-order valence-electron chi connectivity index (χ3n) is 4.41. The summed E-state index contributed by atoms with van der Waals surface area (Å²) in [5, 5.41) is 5.21. The summed E-state index contributed by atoms with van der Waals surface area (Å²) in [6, 6.07) is 12.2. The van der Waals surface area contributed by atoms with Crippen LogP contribution in [0.5, 0.6) is 0 Å². The lowest BCUT2D eigenvalue weighted by molar-refractivity contribution is -0.146. The van der Waals surface area contributed by atoms with Crippen LogP contribution in [0.1, 0.15) is 47.6 Å². The molecular weight excluding hydrogens is 443 g/mol. The van der Waals surface area contributed by atoms with Crippen LogP contribution in [-0.4, -0.2) is 39.0 Å². The molecule has 0 amide bonds. The van der Waals surface area contributed by atoms with Crippen LogP contribution in [-0.2, 0) is 14.3 Å². The monoisotopic (exact) mass is 458 g/mol. The Labute approximate surface area is 187 Å². The number of hydrogen-bond acceptors (Lipinski definition) is 7. The first-order valence-corrected chi connectivity index (χ1v) is 10.1. The maximum Gasteiger partial charge on any atom is 0.378 e. The van der Waals surface area contributed by atoms with E-state index in [1.54, 1.807) is 43.3 Å². The van der Waals surface area contributed by atoms with Crippen molar-refractivity contribution in [3.8, 4) is 5.69 Å². The summed E-state index contributed by atoms with van der Waals surface area (Å²) >= 11 is 12.7. The lowest BCUT2D eigenvalue weighted by Crippen LogP contribution is -2.12. The van der Waals surface area contributed by atoms with Gasteiger partial charge >= 0.3 is 11.9 Å². The number of aliphatic imine (C=N–C) groups is 1. The van der Waals surface area contributed by atoms with Crippen molar-refractivity contribution in [2.24, 2.45) is 4.99 Å². The fourth-order valence-corrected chi connectivity index (χ4v) is 3.57. The minimum atomic E-state index is -1.18. The molecule has 2 aromatic carbocycles. The van der Waals surface area contributed by atoms with Crippen molar-refractivity contribution in [1.82, 2.24) is 14.8 Å². The van der Waals surface area contributed by atoms with Crippen molar-refractivity contribution in [2.75, 3.05) is 6.61 Å². The van der Waals surface area contributed by atoms with Crippen molar-refractivity contribution in [3.05, 3.63) is 75.3 Å². The Morgan fingerprint density at radius 2 is 1.90 bits per heavy atom. The maximum absolute atomic E-state index is 12.2. The fourth-order valence-electron chi connectivity index (χ4n) is 3.17. The molecule has 1 unspecified atom stereocenters. The van der Waals surface area contributed by atoms with Crippen molar-refractivity contribution in [2.45, 2.75) is 20.1 Å². The predicted octanol–water partition coefficient (Wildman–Crippen LogP) is 4.16. The normalized spacial score (nSPS) is 14.7. The van der Waals surface area contributed by atoms with Crippen LogP contribution >= 0.6 is 23.2 Å². The highest BCUT2D eigenvalue weighted by Gasteiger charge is 2.32. The van der Waals surface area contributed by atoms with Gasteiger partial charge in [-0.2, -0.15) is 4.98 Å². The Kier molecular flexibility index (Phi) is 5.75. The van der Waals surface area contributed by atoms with Gasteiger partial charge in [0.05, 0.1) is 18.0 Å². The fraction of sp³-hybridized carbons (Fsp3) is 0.190. The Morgan fingerprint density at radius 1 is 1.13 bits per heavy atom. The van der Waals surface area contributed by atoms with Crippen LogP contribution in [0.4, 0.5) is 0 Å². The number of carbonyl (C=O) groups excluding carboxylic acids is 2. The lowest BCUT2D eigenvalue weighted by Gasteiger charge is -2.13. The van der Waals surface area contributed by atoms with E-state index in [0.29, 0.717) is 32.6 Å². The van der Waals surface area contributed by atoms with Gasteiger partial charge in [0, 0.05) is 28.1 Å². The Bertz CT molecular complexity index is 1220. The molecule has 8 nitrogen and oxygen atoms in total. The first kappa shape index (κ1) is 21.0. The van der Waals surface area contributed by atoms with Gasteiger partial charge in [-0.3, -0.25) is 4.79 Å². The highest BCUT2D eigenvalue weighted by molar-refractivity contribution is 6.36. The van der Waals surface area contributed by atoms with Crippen LogP contribution in [0, 0.1) is 0 Å². The first-order valence-electron chi connectivity index (χ1n) is 9.33. The second kappa shape index (κ2) is 8.49. The second-order valence-corrected chi connectivity index (χ2v) is 7.35. The third-order valence-corrected chi connectivity index (χ3v) is 4.97. The summed E-state index contributed by atoms with van der Waals surface area (Å²) in [6.45, 7) is 3.10. The molecule has 0 bridgehead atoms. The molecule has 0 spiro atoms. The summed E-state index contributed by atoms with van der Waals surface area (Å²) in [6.07, 6.45) is -1.18. The molecule has 158 valence electrons. The van der Waals surface area contributed by atoms with E-state index in [1.165, 1.54) is 11.6 Å². The van der Waals surface area contributed by atoms with Gasteiger partial charge < -0.3 is 9.47 Å². The Balaban J connectivity index is 2.00. The van der Waals surface area contributed by atoms with Gasteiger partial charge in [-0.25, -0.2) is 14.5 Å². The highest BCUT2D eigenvalue weighted by Crippen LogP contribution is 2.33. The number of nitrogens with zero attached hydrogens (tertiary/aromatic N) is 4. The van der Waals surface area contributed by atoms with Crippen molar-refractivity contribution in [3.63, 3.8) is 0 Å². The Morgan fingerprint density at radius 3 is 2.61 bits per heavy atom.